The fourth-order valence-corrected chi connectivity index (χ4v) is 10.3. The predicted molar refractivity (Wildman–Crippen MR) is 354 cm³/mol. The molecular formula is C76H101N3O4S. The minimum atomic E-state index is -0.194. The molecule has 1 amide bonds. The van der Waals surface area contributed by atoms with Crippen LogP contribution in [0, 0.1) is 0 Å². The number of ketones is 1. The maximum atomic E-state index is 11.4. The van der Waals surface area contributed by atoms with Crippen LogP contribution >= 0.6 is 11.3 Å². The van der Waals surface area contributed by atoms with E-state index in [9.17, 15) is 14.4 Å². The Morgan fingerprint density at radius 2 is 0.893 bits per heavy atom. The largest absolute Gasteiger partial charge is 0.457 e. The Morgan fingerprint density at radius 3 is 1.36 bits per heavy atom. The summed E-state index contributed by atoms with van der Waals surface area (Å²) in [5.41, 5.74) is 18.4. The molecule has 4 heterocycles. The summed E-state index contributed by atoms with van der Waals surface area (Å²) in [6.07, 6.45) is 9.24. The van der Waals surface area contributed by atoms with Gasteiger partial charge in [-0.15, -0.1) is 11.3 Å². The number of thiazole rings is 1. The minimum Gasteiger partial charge on any atom is -0.457 e. The second-order valence-electron chi connectivity index (χ2n) is 29.8. The number of fused-ring (bicyclic) bond motifs is 4. The maximum Gasteiger partial charge on any atom is 0.338 e. The van der Waals surface area contributed by atoms with Crippen molar-refractivity contribution in [2.75, 3.05) is 0 Å². The third kappa shape index (κ3) is 20.3. The van der Waals surface area contributed by atoms with Gasteiger partial charge in [0, 0.05) is 64.0 Å². The number of aromatic nitrogens is 2. The van der Waals surface area contributed by atoms with Crippen molar-refractivity contribution in [3.63, 3.8) is 0 Å². The van der Waals surface area contributed by atoms with Crippen molar-refractivity contribution >= 4 is 29.0 Å². The first-order valence-corrected chi connectivity index (χ1v) is 31.1. The molecule has 2 aliphatic heterocycles. The van der Waals surface area contributed by atoms with Crippen LogP contribution < -0.4 is 5.32 Å². The molecule has 7 nitrogen and oxygen atoms in total. The predicted octanol–water partition coefficient (Wildman–Crippen LogP) is 19.3. The molecule has 0 spiro atoms. The fraction of sp³-hybridized carbons (Fsp3) is 0.461. The highest BCUT2D eigenvalue weighted by Gasteiger charge is 2.26. The third-order valence-corrected chi connectivity index (χ3v) is 16.4. The van der Waals surface area contributed by atoms with E-state index in [1.54, 1.807) is 22.5 Å². The van der Waals surface area contributed by atoms with Gasteiger partial charge in [0.05, 0.1) is 10.6 Å². The average molecular weight is 1150 g/mol. The summed E-state index contributed by atoms with van der Waals surface area (Å²) in [5, 5.41) is 6.05. The van der Waals surface area contributed by atoms with Gasteiger partial charge in [-0.1, -0.05) is 242 Å². The number of rotatable bonds is 0. The van der Waals surface area contributed by atoms with Gasteiger partial charge < -0.3 is 10.1 Å². The number of esters is 1. The van der Waals surface area contributed by atoms with Gasteiger partial charge in [0.2, 0.25) is 0 Å². The van der Waals surface area contributed by atoms with Gasteiger partial charge in [0.15, 0.2) is 5.78 Å². The lowest BCUT2D eigenvalue weighted by Gasteiger charge is -2.19. The van der Waals surface area contributed by atoms with E-state index in [0.29, 0.717) is 36.2 Å². The molecule has 0 bridgehead atoms. The Hall–Kier alpha value is -6.51. The van der Waals surface area contributed by atoms with Gasteiger partial charge in [-0.3, -0.25) is 14.6 Å². The summed E-state index contributed by atoms with van der Waals surface area (Å²) in [6, 6.07) is 41.9. The van der Waals surface area contributed by atoms with Crippen LogP contribution in [-0.2, 0) is 75.1 Å². The lowest BCUT2D eigenvalue weighted by Crippen LogP contribution is -2.12. The highest BCUT2D eigenvalue weighted by molar-refractivity contribution is 7.09. The van der Waals surface area contributed by atoms with Gasteiger partial charge in [-0.25, -0.2) is 9.78 Å². The number of aryl methyl sites for hydroxylation is 3. The number of nitrogens with one attached hydrogen (secondary N) is 1. The lowest BCUT2D eigenvalue weighted by atomic mass is 9.85. The molecule has 11 rings (SSSR count). The molecule has 450 valence electrons. The standard InChI is InChI=1S/C13H16O.C13H18.C12H15NO.C12H14O2.C10H14.C9H13N.C7H11NS/c1-13(2,3)10-5-6-11-9(8-10)4-7-12(11)14;1-13(2,3)12-8-7-10-5-4-6-11(10)9-12;1-12(2,3)9-4-5-10-8(6-9)7-13-11(10)14;1-12(2,3)9-4-5-10-8(6-9)7-14-11(10)13;1-10(2,3)9-7-5-4-6-8-9;1-9(2,3)8-6-4-5-7-10-8;1-7(2,3)6-8-4-5-9-6/h5-6,8H,4,7H2,1-3H3;7-9H,4-6H2,1-3H3;4-6H,7H2,1-3H3,(H,13,14);4-6H,7H2,1-3H3;4-8H,1-3H3;4-7H,1-3H3;4-5H,1-3H3. The Kier molecular flexibility index (Phi) is 22.9. The normalized spacial score (nSPS) is 14.2. The van der Waals surface area contributed by atoms with Crippen LogP contribution in [0.5, 0.6) is 0 Å². The third-order valence-electron chi connectivity index (χ3n) is 15.2. The highest BCUT2D eigenvalue weighted by atomic mass is 32.1. The van der Waals surface area contributed by atoms with Crippen LogP contribution in [0.4, 0.5) is 0 Å². The zero-order valence-corrected chi connectivity index (χ0v) is 56.0. The summed E-state index contributed by atoms with van der Waals surface area (Å²) in [7, 11) is 0. The average Bonchev–Trinajstić information content (AvgIpc) is 4.50. The van der Waals surface area contributed by atoms with Crippen LogP contribution in [0.25, 0.3) is 0 Å². The van der Waals surface area contributed by atoms with Crippen molar-refractivity contribution < 1.29 is 19.1 Å². The second-order valence-corrected chi connectivity index (χ2v) is 30.7. The number of pyridine rings is 1. The van der Waals surface area contributed by atoms with Gasteiger partial charge >= 0.3 is 5.97 Å². The first-order chi connectivity index (χ1) is 38.8. The number of cyclic esters (lactones) is 1. The number of carbonyl (C=O) groups excluding carboxylic acids is 3. The van der Waals surface area contributed by atoms with Crippen molar-refractivity contribution in [3.05, 3.63) is 222 Å². The number of benzene rings is 5. The maximum absolute atomic E-state index is 11.4. The molecule has 4 aliphatic rings. The number of Topliss-reactive ketones (excluding diaryl/α,β-unsaturated/α-hetero) is 1. The number of hydrogen-bond acceptors (Lipinski definition) is 7. The number of ether oxygens (including phenoxy) is 1. The van der Waals surface area contributed by atoms with Gasteiger partial charge in [-0.2, -0.15) is 0 Å². The second kappa shape index (κ2) is 28.1. The number of hydrogen-bond donors (Lipinski definition) is 1. The molecule has 0 saturated heterocycles. The summed E-state index contributed by atoms with van der Waals surface area (Å²) in [6.45, 7) is 47.2. The molecule has 0 fully saturated rings. The van der Waals surface area contributed by atoms with E-state index >= 15 is 0 Å². The minimum absolute atomic E-state index is 0.0560. The van der Waals surface area contributed by atoms with Crippen molar-refractivity contribution in [1.82, 2.24) is 15.3 Å². The van der Waals surface area contributed by atoms with E-state index in [0.717, 1.165) is 39.9 Å². The lowest BCUT2D eigenvalue weighted by molar-refractivity contribution is 0.0534. The zero-order valence-electron chi connectivity index (χ0n) is 55.2. The monoisotopic (exact) mass is 1150 g/mol. The van der Waals surface area contributed by atoms with Crippen molar-refractivity contribution in [2.45, 2.75) is 229 Å². The molecule has 8 heteroatoms. The van der Waals surface area contributed by atoms with Crippen molar-refractivity contribution in [2.24, 2.45) is 0 Å². The smallest absolute Gasteiger partial charge is 0.338 e. The van der Waals surface area contributed by atoms with E-state index in [4.69, 9.17) is 4.74 Å². The zero-order chi connectivity index (χ0) is 62.6. The quantitative estimate of drug-likeness (QED) is 0.152. The number of carbonyl (C=O) groups is 3. The first-order valence-electron chi connectivity index (χ1n) is 30.2. The van der Waals surface area contributed by atoms with E-state index in [-0.39, 0.29) is 39.0 Å². The summed E-state index contributed by atoms with van der Waals surface area (Å²) in [4.78, 5) is 42.4. The SMILES string of the molecule is CC(C)(C)c1ccc2c(c1)CCC2.CC(C)(C)c1ccc2c(c1)CCC2=O.CC(C)(C)c1ccc2c(c1)CNC2=O.CC(C)(C)c1ccc2c(c1)COC2=O.CC(C)(C)c1ccccc1.CC(C)(C)c1ccccn1.CC(C)(C)c1nccs1. The molecule has 0 radical (unpaired) electrons. The molecule has 7 aromatic rings. The van der Waals surface area contributed by atoms with Crippen LogP contribution in [0.3, 0.4) is 0 Å². The first kappa shape index (κ1) is 68.3. The van der Waals surface area contributed by atoms with Gasteiger partial charge in [-0.05, 0) is 127 Å². The van der Waals surface area contributed by atoms with Crippen LogP contribution in [0.1, 0.15) is 256 Å². The molecule has 1 N–H and O–H groups in total. The van der Waals surface area contributed by atoms with Crippen molar-refractivity contribution in [3.8, 4) is 0 Å². The van der Waals surface area contributed by atoms with Gasteiger partial charge in [0.25, 0.3) is 5.91 Å². The van der Waals surface area contributed by atoms with E-state index in [2.05, 4.69) is 240 Å². The Morgan fingerprint density at radius 1 is 0.405 bits per heavy atom. The summed E-state index contributed by atoms with van der Waals surface area (Å²) in [5.74, 6) is 0.168. The summed E-state index contributed by atoms with van der Waals surface area (Å²) >= 11 is 1.72. The van der Waals surface area contributed by atoms with Crippen LogP contribution in [0.15, 0.2) is 139 Å². The van der Waals surface area contributed by atoms with Gasteiger partial charge in [0.1, 0.15) is 6.61 Å². The Balaban J connectivity index is 0.000000180. The van der Waals surface area contributed by atoms with E-state index in [1.165, 1.54) is 57.7 Å². The Labute approximate surface area is 511 Å². The molecule has 0 saturated carbocycles. The molecular weight excluding hydrogens is 1050 g/mol. The number of nitrogens with zero attached hydrogens (tertiary/aromatic N) is 2. The van der Waals surface area contributed by atoms with Crippen LogP contribution in [-0.4, -0.2) is 27.6 Å². The van der Waals surface area contributed by atoms with Crippen molar-refractivity contribution in [1.29, 1.82) is 0 Å². The topological polar surface area (TPSA) is 98.2 Å². The molecule has 2 aromatic heterocycles. The fourth-order valence-electron chi connectivity index (χ4n) is 9.60. The molecule has 0 unspecified atom stereocenters. The molecule has 2 aliphatic carbocycles. The van der Waals surface area contributed by atoms with E-state index < -0.39 is 0 Å². The number of amides is 1. The Bertz CT molecular complexity index is 3040. The summed E-state index contributed by atoms with van der Waals surface area (Å²) < 4.78 is 4.95. The van der Waals surface area contributed by atoms with Crippen LogP contribution in [0.2, 0.25) is 0 Å². The highest BCUT2D eigenvalue weighted by Crippen LogP contribution is 2.32. The molecule has 84 heavy (non-hydrogen) atoms. The molecule has 0 atom stereocenters. The molecule has 5 aromatic carbocycles. The van der Waals surface area contributed by atoms with E-state index in [1.807, 2.05) is 60.2 Å².